The minimum absolute atomic E-state index is 0.224. The molecular formula is C14H24N4O2. The number of hydrogen-bond donors (Lipinski definition) is 2. The van der Waals surface area contributed by atoms with Crippen molar-refractivity contribution in [3.05, 3.63) is 16.7 Å². The number of methoxy groups -OCH3 is 1. The average molecular weight is 280 g/mol. The van der Waals surface area contributed by atoms with Crippen LogP contribution in [0, 0.1) is 0 Å². The summed E-state index contributed by atoms with van der Waals surface area (Å²) in [5.41, 5.74) is -0.224. The van der Waals surface area contributed by atoms with Gasteiger partial charge in [0.15, 0.2) is 5.82 Å². The van der Waals surface area contributed by atoms with Crippen molar-refractivity contribution in [2.45, 2.75) is 38.6 Å². The highest BCUT2D eigenvalue weighted by molar-refractivity contribution is 5.50. The van der Waals surface area contributed by atoms with Crippen molar-refractivity contribution in [1.29, 1.82) is 0 Å². The molecule has 0 saturated carbocycles. The zero-order valence-electron chi connectivity index (χ0n) is 12.3. The van der Waals surface area contributed by atoms with Crippen LogP contribution >= 0.6 is 0 Å². The molecule has 1 aliphatic rings. The fourth-order valence-electron chi connectivity index (χ4n) is 2.60. The van der Waals surface area contributed by atoms with Crippen molar-refractivity contribution < 1.29 is 4.74 Å². The normalized spacial score (nSPS) is 18.2. The topological polar surface area (TPSA) is 70.2 Å². The molecule has 1 saturated heterocycles. The molecule has 0 spiro atoms. The van der Waals surface area contributed by atoms with Gasteiger partial charge in [-0.3, -0.25) is 4.79 Å². The number of hydrogen-bond acceptors (Lipinski definition) is 5. The Morgan fingerprint density at radius 3 is 3.05 bits per heavy atom. The Morgan fingerprint density at radius 1 is 1.55 bits per heavy atom. The minimum atomic E-state index is -0.224. The summed E-state index contributed by atoms with van der Waals surface area (Å²) in [4.78, 5) is 20.9. The summed E-state index contributed by atoms with van der Waals surface area (Å²) in [5, 5.41) is 3.49. The molecule has 1 fully saturated rings. The smallest absolute Gasteiger partial charge is 0.295 e. The van der Waals surface area contributed by atoms with Crippen LogP contribution in [0.2, 0.25) is 0 Å². The number of aromatic amines is 1. The summed E-state index contributed by atoms with van der Waals surface area (Å²) in [6.07, 6.45) is 6.02. The quantitative estimate of drug-likeness (QED) is 0.783. The highest BCUT2D eigenvalue weighted by Crippen LogP contribution is 2.22. The fourth-order valence-corrected chi connectivity index (χ4v) is 2.60. The third-order valence-electron chi connectivity index (χ3n) is 3.68. The summed E-state index contributed by atoms with van der Waals surface area (Å²) < 4.78 is 5.23. The van der Waals surface area contributed by atoms with Crippen LogP contribution in [0.25, 0.3) is 0 Å². The van der Waals surface area contributed by atoms with Gasteiger partial charge in [-0.1, -0.05) is 13.3 Å². The molecule has 0 aromatic carbocycles. The van der Waals surface area contributed by atoms with Crippen LogP contribution in [0.3, 0.4) is 0 Å². The fraction of sp³-hybridized carbons (Fsp3) is 0.714. The zero-order chi connectivity index (χ0) is 14.4. The van der Waals surface area contributed by atoms with E-state index >= 15 is 0 Å². The average Bonchev–Trinajstić information content (AvgIpc) is 2.96. The van der Waals surface area contributed by atoms with Gasteiger partial charge in [0, 0.05) is 19.1 Å². The summed E-state index contributed by atoms with van der Waals surface area (Å²) in [6.45, 7) is 5.00. The van der Waals surface area contributed by atoms with E-state index in [9.17, 15) is 4.79 Å². The summed E-state index contributed by atoms with van der Waals surface area (Å²) >= 11 is 0. The SMILES string of the molecule is CCCCN(CC1CCCN1)c1nc[nH]c(=O)c1OC. The number of rotatable bonds is 7. The van der Waals surface area contributed by atoms with Gasteiger partial charge in [-0.15, -0.1) is 0 Å². The van der Waals surface area contributed by atoms with Crippen LogP contribution in [0.1, 0.15) is 32.6 Å². The minimum Gasteiger partial charge on any atom is -0.489 e. The maximum absolute atomic E-state index is 11.8. The van der Waals surface area contributed by atoms with Crippen LogP contribution in [-0.2, 0) is 0 Å². The van der Waals surface area contributed by atoms with Crippen molar-refractivity contribution in [2.75, 3.05) is 31.6 Å². The van der Waals surface area contributed by atoms with E-state index in [2.05, 4.69) is 27.1 Å². The van der Waals surface area contributed by atoms with Gasteiger partial charge in [-0.05, 0) is 25.8 Å². The van der Waals surface area contributed by atoms with Crippen LogP contribution < -0.4 is 20.5 Å². The van der Waals surface area contributed by atoms with E-state index in [1.807, 2.05) is 0 Å². The lowest BCUT2D eigenvalue weighted by Gasteiger charge is -2.27. The van der Waals surface area contributed by atoms with E-state index in [0.717, 1.165) is 32.5 Å². The van der Waals surface area contributed by atoms with Gasteiger partial charge < -0.3 is 19.9 Å². The van der Waals surface area contributed by atoms with Crippen LogP contribution in [0.15, 0.2) is 11.1 Å². The van der Waals surface area contributed by atoms with E-state index in [1.165, 1.54) is 26.3 Å². The third-order valence-corrected chi connectivity index (χ3v) is 3.68. The molecule has 1 aliphatic heterocycles. The Balaban J connectivity index is 2.20. The van der Waals surface area contributed by atoms with Gasteiger partial charge >= 0.3 is 0 Å². The first-order valence-corrected chi connectivity index (χ1v) is 7.36. The van der Waals surface area contributed by atoms with Gasteiger partial charge in [0.2, 0.25) is 5.75 Å². The predicted octanol–water partition coefficient (Wildman–Crippen LogP) is 1.14. The Morgan fingerprint density at radius 2 is 2.40 bits per heavy atom. The van der Waals surface area contributed by atoms with Gasteiger partial charge in [-0.2, -0.15) is 0 Å². The Labute approximate surface area is 119 Å². The van der Waals surface area contributed by atoms with E-state index < -0.39 is 0 Å². The molecule has 1 aromatic rings. The molecule has 2 heterocycles. The molecule has 112 valence electrons. The van der Waals surface area contributed by atoms with E-state index in [0.29, 0.717) is 17.6 Å². The molecular weight excluding hydrogens is 256 g/mol. The molecule has 0 aliphatic carbocycles. The number of nitrogens with one attached hydrogen (secondary N) is 2. The predicted molar refractivity (Wildman–Crippen MR) is 79.6 cm³/mol. The zero-order valence-corrected chi connectivity index (χ0v) is 12.3. The van der Waals surface area contributed by atoms with E-state index in [4.69, 9.17) is 4.74 Å². The van der Waals surface area contributed by atoms with Crippen molar-refractivity contribution >= 4 is 5.82 Å². The highest BCUT2D eigenvalue weighted by Gasteiger charge is 2.22. The number of aromatic nitrogens is 2. The van der Waals surface area contributed by atoms with Crippen LogP contribution in [-0.4, -0.2) is 42.8 Å². The molecule has 1 aromatic heterocycles. The molecule has 2 rings (SSSR count). The molecule has 1 unspecified atom stereocenters. The molecule has 1 atom stereocenters. The molecule has 0 radical (unpaired) electrons. The molecule has 6 heteroatoms. The number of unbranched alkanes of at least 4 members (excludes halogenated alkanes) is 1. The van der Waals surface area contributed by atoms with Gasteiger partial charge in [0.05, 0.1) is 13.4 Å². The maximum Gasteiger partial charge on any atom is 0.295 e. The van der Waals surface area contributed by atoms with Gasteiger partial charge in [0.25, 0.3) is 5.56 Å². The number of nitrogens with zero attached hydrogens (tertiary/aromatic N) is 2. The first-order chi connectivity index (χ1) is 9.76. The first-order valence-electron chi connectivity index (χ1n) is 7.36. The van der Waals surface area contributed by atoms with Gasteiger partial charge in [-0.25, -0.2) is 4.98 Å². The molecule has 20 heavy (non-hydrogen) atoms. The molecule has 2 N–H and O–H groups in total. The van der Waals surface area contributed by atoms with E-state index in [-0.39, 0.29) is 5.56 Å². The second-order valence-corrected chi connectivity index (χ2v) is 5.18. The number of ether oxygens (including phenoxy) is 1. The highest BCUT2D eigenvalue weighted by atomic mass is 16.5. The molecule has 0 amide bonds. The van der Waals surface area contributed by atoms with E-state index in [1.54, 1.807) is 0 Å². The number of H-pyrrole nitrogens is 1. The second kappa shape index (κ2) is 7.28. The maximum atomic E-state index is 11.8. The largest absolute Gasteiger partial charge is 0.489 e. The van der Waals surface area contributed by atoms with Crippen molar-refractivity contribution in [3.8, 4) is 5.75 Å². The van der Waals surface area contributed by atoms with Crippen molar-refractivity contribution in [2.24, 2.45) is 0 Å². The van der Waals surface area contributed by atoms with Crippen LogP contribution in [0.5, 0.6) is 5.75 Å². The number of anilines is 1. The monoisotopic (exact) mass is 280 g/mol. The Bertz CT molecular complexity index is 468. The molecule has 6 nitrogen and oxygen atoms in total. The summed E-state index contributed by atoms with van der Waals surface area (Å²) in [6, 6.07) is 0.470. The first kappa shape index (κ1) is 14.8. The van der Waals surface area contributed by atoms with Gasteiger partial charge in [0.1, 0.15) is 0 Å². The Hall–Kier alpha value is -1.56. The standard InChI is InChI=1S/C14H24N4O2/c1-3-4-8-18(9-11-6-5-7-15-11)13-12(20-2)14(19)17-10-16-13/h10-11,15H,3-9H2,1-2H3,(H,16,17,19). The Kier molecular flexibility index (Phi) is 5.40. The summed E-state index contributed by atoms with van der Waals surface area (Å²) in [7, 11) is 1.52. The lowest BCUT2D eigenvalue weighted by Crippen LogP contribution is -2.39. The third kappa shape index (κ3) is 3.50. The summed E-state index contributed by atoms with van der Waals surface area (Å²) in [5.74, 6) is 0.958. The van der Waals surface area contributed by atoms with Crippen molar-refractivity contribution in [3.63, 3.8) is 0 Å². The lowest BCUT2D eigenvalue weighted by molar-refractivity contribution is 0.404. The lowest BCUT2D eigenvalue weighted by atomic mass is 10.2. The van der Waals surface area contributed by atoms with Crippen LogP contribution in [0.4, 0.5) is 5.82 Å². The molecule has 0 bridgehead atoms. The second-order valence-electron chi connectivity index (χ2n) is 5.18. The van der Waals surface area contributed by atoms with Crippen molar-refractivity contribution in [1.82, 2.24) is 15.3 Å².